The zero-order valence-corrected chi connectivity index (χ0v) is 12.4. The van der Waals surface area contributed by atoms with E-state index in [1.165, 1.54) is 0 Å². The van der Waals surface area contributed by atoms with E-state index in [4.69, 9.17) is 16.7 Å². The monoisotopic (exact) mass is 334 g/mol. The van der Waals surface area contributed by atoms with E-state index in [2.05, 4.69) is 26.6 Å². The van der Waals surface area contributed by atoms with Crippen LogP contribution in [-0.2, 0) is 0 Å². The van der Waals surface area contributed by atoms with E-state index >= 15 is 0 Å². The van der Waals surface area contributed by atoms with Crippen molar-refractivity contribution in [2.45, 2.75) is 13.0 Å². The molecule has 0 fully saturated rings. The number of benzene rings is 1. The van der Waals surface area contributed by atoms with E-state index in [-0.39, 0.29) is 12.0 Å². The molecule has 1 atom stereocenters. The molecule has 4 nitrogen and oxygen atoms in total. The van der Waals surface area contributed by atoms with Gasteiger partial charge in [0, 0.05) is 34.7 Å². The first-order valence-corrected chi connectivity index (χ1v) is 6.79. The Morgan fingerprint density at radius 2 is 2.17 bits per heavy atom. The van der Waals surface area contributed by atoms with E-state index in [1.807, 2.05) is 0 Å². The van der Waals surface area contributed by atoms with Gasteiger partial charge in [-0.1, -0.05) is 27.5 Å². The van der Waals surface area contributed by atoms with Crippen molar-refractivity contribution in [3.05, 3.63) is 33.3 Å². The fraction of sp³-hybridized carbons (Fsp3) is 0.417. The maximum atomic E-state index is 11.8. The lowest BCUT2D eigenvalue weighted by atomic mass is 10.2. The van der Waals surface area contributed by atoms with Crippen molar-refractivity contribution >= 4 is 33.4 Å². The summed E-state index contributed by atoms with van der Waals surface area (Å²) in [6.45, 7) is 3.32. The standard InChI is InChI=1S/C12H16BrClN2O2/c1-8(17)7-15-2-3-16-12(18)9-4-10(13)6-11(14)5-9/h4-6,8,15,17H,2-3,7H2,1H3,(H,16,18). The first kappa shape index (κ1) is 15.4. The van der Waals surface area contributed by atoms with E-state index in [0.717, 1.165) is 4.47 Å². The highest BCUT2D eigenvalue weighted by atomic mass is 79.9. The molecule has 0 radical (unpaired) electrons. The molecule has 100 valence electrons. The van der Waals surface area contributed by atoms with Gasteiger partial charge in [0.2, 0.25) is 0 Å². The molecule has 1 unspecified atom stereocenters. The van der Waals surface area contributed by atoms with Crippen molar-refractivity contribution < 1.29 is 9.90 Å². The lowest BCUT2D eigenvalue weighted by Gasteiger charge is -2.08. The molecule has 0 aromatic heterocycles. The van der Waals surface area contributed by atoms with Crippen LogP contribution < -0.4 is 10.6 Å². The molecular formula is C12H16BrClN2O2. The number of carbonyl (C=O) groups is 1. The van der Waals surface area contributed by atoms with E-state index in [1.54, 1.807) is 25.1 Å². The summed E-state index contributed by atoms with van der Waals surface area (Å²) in [5, 5.41) is 15.3. The molecule has 0 saturated heterocycles. The third-order valence-electron chi connectivity index (χ3n) is 2.15. The van der Waals surface area contributed by atoms with Crippen molar-refractivity contribution in [3.8, 4) is 0 Å². The van der Waals surface area contributed by atoms with Gasteiger partial charge in [0.05, 0.1) is 6.10 Å². The Kier molecular flexibility index (Phi) is 6.63. The van der Waals surface area contributed by atoms with Crippen LogP contribution >= 0.6 is 27.5 Å². The minimum absolute atomic E-state index is 0.169. The highest BCUT2D eigenvalue weighted by molar-refractivity contribution is 9.10. The number of aliphatic hydroxyl groups is 1. The van der Waals surface area contributed by atoms with Crippen LogP contribution in [0.15, 0.2) is 22.7 Å². The largest absolute Gasteiger partial charge is 0.392 e. The fourth-order valence-electron chi connectivity index (χ4n) is 1.36. The second-order valence-electron chi connectivity index (χ2n) is 3.97. The predicted molar refractivity (Wildman–Crippen MR) is 76.0 cm³/mol. The first-order valence-electron chi connectivity index (χ1n) is 5.62. The molecule has 0 spiro atoms. The summed E-state index contributed by atoms with van der Waals surface area (Å²) in [7, 11) is 0. The molecule has 18 heavy (non-hydrogen) atoms. The number of nitrogens with one attached hydrogen (secondary N) is 2. The van der Waals surface area contributed by atoms with E-state index < -0.39 is 0 Å². The molecule has 3 N–H and O–H groups in total. The summed E-state index contributed by atoms with van der Waals surface area (Å²) in [5.74, 6) is -0.169. The molecule has 1 rings (SSSR count). The Bertz CT molecular complexity index is 393. The maximum absolute atomic E-state index is 11.8. The Balaban J connectivity index is 2.36. The predicted octanol–water partition coefficient (Wildman–Crippen LogP) is 1.80. The zero-order valence-electron chi connectivity index (χ0n) is 10.0. The van der Waals surface area contributed by atoms with Gasteiger partial charge in [-0.25, -0.2) is 0 Å². The minimum atomic E-state index is -0.385. The van der Waals surface area contributed by atoms with E-state index in [0.29, 0.717) is 30.2 Å². The van der Waals surface area contributed by atoms with Crippen LogP contribution in [0.2, 0.25) is 5.02 Å². The summed E-state index contributed by atoms with van der Waals surface area (Å²) in [5.41, 5.74) is 0.518. The molecule has 1 amide bonds. The molecule has 0 aliphatic heterocycles. The van der Waals surface area contributed by atoms with Crippen molar-refractivity contribution in [1.82, 2.24) is 10.6 Å². The average molecular weight is 336 g/mol. The molecule has 0 saturated carbocycles. The highest BCUT2D eigenvalue weighted by Gasteiger charge is 2.06. The molecule has 6 heteroatoms. The number of hydrogen-bond acceptors (Lipinski definition) is 3. The topological polar surface area (TPSA) is 61.4 Å². The number of aliphatic hydroxyl groups excluding tert-OH is 1. The Labute approximate surface area is 120 Å². The zero-order chi connectivity index (χ0) is 13.5. The molecular weight excluding hydrogens is 320 g/mol. The van der Waals surface area contributed by atoms with Crippen molar-refractivity contribution in [3.63, 3.8) is 0 Å². The average Bonchev–Trinajstić information content (AvgIpc) is 2.26. The SMILES string of the molecule is CC(O)CNCCNC(=O)c1cc(Cl)cc(Br)c1. The quantitative estimate of drug-likeness (QED) is 0.695. The van der Waals surface area contributed by atoms with Crippen molar-refractivity contribution in [2.24, 2.45) is 0 Å². The number of hydrogen-bond donors (Lipinski definition) is 3. The van der Waals surface area contributed by atoms with Gasteiger partial charge in [-0.15, -0.1) is 0 Å². The van der Waals surface area contributed by atoms with Crippen LogP contribution in [0.5, 0.6) is 0 Å². The van der Waals surface area contributed by atoms with Crippen LogP contribution in [0.25, 0.3) is 0 Å². The Morgan fingerprint density at radius 1 is 1.44 bits per heavy atom. The normalized spacial score (nSPS) is 12.2. The van der Waals surface area contributed by atoms with E-state index in [9.17, 15) is 4.79 Å². The van der Waals surface area contributed by atoms with Gasteiger partial charge in [0.25, 0.3) is 5.91 Å². The van der Waals surface area contributed by atoms with Crippen LogP contribution in [-0.4, -0.2) is 36.8 Å². The number of rotatable bonds is 6. The van der Waals surface area contributed by atoms with Crippen LogP contribution in [0.3, 0.4) is 0 Å². The van der Waals surface area contributed by atoms with Gasteiger partial charge in [0.15, 0.2) is 0 Å². The third-order valence-corrected chi connectivity index (χ3v) is 2.83. The van der Waals surface area contributed by atoms with Crippen LogP contribution in [0.1, 0.15) is 17.3 Å². The van der Waals surface area contributed by atoms with Crippen molar-refractivity contribution in [1.29, 1.82) is 0 Å². The number of carbonyl (C=O) groups excluding carboxylic acids is 1. The highest BCUT2D eigenvalue weighted by Crippen LogP contribution is 2.19. The lowest BCUT2D eigenvalue weighted by molar-refractivity contribution is 0.0953. The number of halogens is 2. The summed E-state index contributed by atoms with van der Waals surface area (Å²) in [4.78, 5) is 11.8. The van der Waals surface area contributed by atoms with Gasteiger partial charge in [0.1, 0.15) is 0 Å². The second-order valence-corrected chi connectivity index (χ2v) is 5.32. The smallest absolute Gasteiger partial charge is 0.251 e. The summed E-state index contributed by atoms with van der Waals surface area (Å²) < 4.78 is 0.771. The summed E-state index contributed by atoms with van der Waals surface area (Å²) >= 11 is 9.15. The van der Waals surface area contributed by atoms with Gasteiger partial charge < -0.3 is 15.7 Å². The van der Waals surface area contributed by atoms with Gasteiger partial charge >= 0.3 is 0 Å². The Morgan fingerprint density at radius 3 is 2.78 bits per heavy atom. The lowest BCUT2D eigenvalue weighted by Crippen LogP contribution is -2.34. The summed E-state index contributed by atoms with van der Waals surface area (Å²) in [6, 6.07) is 5.05. The molecule has 0 bridgehead atoms. The second kappa shape index (κ2) is 7.74. The minimum Gasteiger partial charge on any atom is -0.392 e. The first-order chi connectivity index (χ1) is 8.49. The summed E-state index contributed by atoms with van der Waals surface area (Å²) in [6.07, 6.45) is -0.385. The molecule has 1 aromatic rings. The third kappa shape index (κ3) is 5.82. The molecule has 0 aliphatic rings. The van der Waals surface area contributed by atoms with Gasteiger partial charge in [-0.05, 0) is 25.1 Å². The van der Waals surface area contributed by atoms with Crippen LogP contribution in [0.4, 0.5) is 0 Å². The molecule has 0 heterocycles. The molecule has 0 aliphatic carbocycles. The molecule has 1 aromatic carbocycles. The van der Waals surface area contributed by atoms with Gasteiger partial charge in [-0.2, -0.15) is 0 Å². The van der Waals surface area contributed by atoms with Gasteiger partial charge in [-0.3, -0.25) is 4.79 Å². The fourth-order valence-corrected chi connectivity index (χ4v) is 2.22. The number of amides is 1. The van der Waals surface area contributed by atoms with Crippen molar-refractivity contribution in [2.75, 3.05) is 19.6 Å². The Hall–Kier alpha value is -0.620. The van der Waals surface area contributed by atoms with Crippen LogP contribution in [0, 0.1) is 0 Å². The maximum Gasteiger partial charge on any atom is 0.251 e.